The number of nitriles is 1. The van der Waals surface area contributed by atoms with Crippen molar-refractivity contribution >= 4 is 32.8 Å². The number of amides is 1. The fourth-order valence-electron chi connectivity index (χ4n) is 4.22. The van der Waals surface area contributed by atoms with Gasteiger partial charge in [0.2, 0.25) is 0 Å². The molecule has 0 aliphatic rings. The Hall–Kier alpha value is -5.08. The zero-order chi connectivity index (χ0) is 29.4. The summed E-state index contributed by atoms with van der Waals surface area (Å²) >= 11 is 0. The second kappa shape index (κ2) is 10.5. The number of carbonyl (C=O) groups excluding carboxylic acids is 1. The van der Waals surface area contributed by atoms with Gasteiger partial charge in [0.1, 0.15) is 17.4 Å². The number of aromatic nitrogens is 4. The molecule has 1 N–H and O–H groups in total. The molecule has 10 nitrogen and oxygen atoms in total. The Kier molecular flexibility index (Phi) is 7.02. The average molecular weight is 567 g/mol. The molecule has 4 heterocycles. The number of benzene rings is 1. The summed E-state index contributed by atoms with van der Waals surface area (Å²) in [5, 5.41) is 12.6. The summed E-state index contributed by atoms with van der Waals surface area (Å²) in [6.07, 6.45) is 7.05. The van der Waals surface area contributed by atoms with Gasteiger partial charge in [-0.3, -0.25) is 10.3 Å². The smallest absolute Gasteiger partial charge is 0.412 e. The summed E-state index contributed by atoms with van der Waals surface area (Å²) in [4.78, 5) is 25.2. The van der Waals surface area contributed by atoms with E-state index in [2.05, 4.69) is 20.3 Å². The van der Waals surface area contributed by atoms with Crippen molar-refractivity contribution in [1.29, 1.82) is 5.26 Å². The molecule has 0 unspecified atom stereocenters. The highest BCUT2D eigenvalue weighted by molar-refractivity contribution is 7.90. The van der Waals surface area contributed by atoms with E-state index < -0.39 is 21.7 Å². The number of hydrogen-bond donors (Lipinski definition) is 1. The fraction of sp³-hybridized carbons (Fsp3) is 0.167. The number of rotatable bonds is 5. The van der Waals surface area contributed by atoms with Crippen molar-refractivity contribution in [3.05, 3.63) is 90.8 Å². The van der Waals surface area contributed by atoms with E-state index in [0.717, 1.165) is 9.54 Å². The molecule has 0 fully saturated rings. The highest BCUT2D eigenvalue weighted by Crippen LogP contribution is 2.35. The van der Waals surface area contributed by atoms with Crippen molar-refractivity contribution in [3.63, 3.8) is 0 Å². The Morgan fingerprint density at radius 1 is 0.976 bits per heavy atom. The Bertz CT molecular complexity index is 1930. The minimum absolute atomic E-state index is 0.120. The third-order valence-corrected chi connectivity index (χ3v) is 7.76. The Labute approximate surface area is 237 Å². The van der Waals surface area contributed by atoms with Crippen molar-refractivity contribution in [3.8, 4) is 28.3 Å². The molecule has 206 valence electrons. The van der Waals surface area contributed by atoms with Gasteiger partial charge in [0, 0.05) is 46.9 Å². The van der Waals surface area contributed by atoms with Crippen molar-refractivity contribution in [2.24, 2.45) is 0 Å². The van der Waals surface area contributed by atoms with Gasteiger partial charge < -0.3 is 4.74 Å². The van der Waals surface area contributed by atoms with Gasteiger partial charge in [-0.25, -0.2) is 27.2 Å². The van der Waals surface area contributed by atoms with Gasteiger partial charge in [-0.2, -0.15) is 5.26 Å². The van der Waals surface area contributed by atoms with E-state index in [-0.39, 0.29) is 16.2 Å². The predicted octanol–water partition coefficient (Wildman–Crippen LogP) is 5.92. The van der Waals surface area contributed by atoms with E-state index in [4.69, 9.17) is 4.74 Å². The predicted molar refractivity (Wildman–Crippen MR) is 155 cm³/mol. The molecule has 0 saturated carbocycles. The van der Waals surface area contributed by atoms with Crippen LogP contribution in [-0.4, -0.2) is 39.0 Å². The molecule has 0 aliphatic heterocycles. The largest absolute Gasteiger partial charge is 0.444 e. The van der Waals surface area contributed by atoms with Gasteiger partial charge in [0.05, 0.1) is 16.8 Å². The highest BCUT2D eigenvalue weighted by Gasteiger charge is 2.24. The standard InChI is InChI=1S/C30H26N6O4S/c1-19-5-7-25(8-6-19)41(38,39)36-18-27(20-9-10-33-23(11-20)14-31)26-13-22(16-34-28(26)36)21-12-24(17-32-15-21)35-29(37)40-30(2,3)4/h5-13,15-18H,1-4H3,(H,35,37). The van der Waals surface area contributed by atoms with E-state index in [0.29, 0.717) is 33.3 Å². The van der Waals surface area contributed by atoms with Crippen LogP contribution in [0.3, 0.4) is 0 Å². The quantitative estimate of drug-likeness (QED) is 0.276. The zero-order valence-electron chi connectivity index (χ0n) is 22.8. The zero-order valence-corrected chi connectivity index (χ0v) is 23.6. The SMILES string of the molecule is Cc1ccc(S(=O)(=O)n2cc(-c3ccnc(C#N)c3)c3cc(-c4cncc(NC(=O)OC(C)(C)C)c4)cnc32)cc1. The lowest BCUT2D eigenvalue weighted by atomic mass is 10.0. The van der Waals surface area contributed by atoms with Crippen LogP contribution in [0.25, 0.3) is 33.3 Å². The van der Waals surface area contributed by atoms with Gasteiger partial charge >= 0.3 is 6.09 Å². The third-order valence-electron chi connectivity index (χ3n) is 6.09. The Morgan fingerprint density at radius 2 is 1.71 bits per heavy atom. The number of nitrogens with zero attached hydrogens (tertiary/aromatic N) is 5. The first-order valence-corrected chi connectivity index (χ1v) is 14.0. The van der Waals surface area contributed by atoms with Crippen LogP contribution in [0, 0.1) is 18.3 Å². The molecule has 0 saturated heterocycles. The van der Waals surface area contributed by atoms with Gasteiger partial charge in [0.25, 0.3) is 10.0 Å². The van der Waals surface area contributed by atoms with Crippen LogP contribution in [0.4, 0.5) is 10.5 Å². The molecule has 1 amide bonds. The summed E-state index contributed by atoms with van der Waals surface area (Å²) in [5.41, 5.74) is 3.54. The first kappa shape index (κ1) is 27.5. The number of pyridine rings is 3. The number of nitrogens with one attached hydrogen (secondary N) is 1. The number of hydrogen-bond acceptors (Lipinski definition) is 8. The maximum absolute atomic E-state index is 13.7. The Morgan fingerprint density at radius 3 is 2.41 bits per heavy atom. The van der Waals surface area contributed by atoms with Crippen molar-refractivity contribution in [1.82, 2.24) is 18.9 Å². The van der Waals surface area contributed by atoms with E-state index in [1.807, 2.05) is 13.0 Å². The van der Waals surface area contributed by atoms with Crippen LogP contribution in [-0.2, 0) is 14.8 Å². The van der Waals surface area contributed by atoms with Gasteiger partial charge in [-0.15, -0.1) is 0 Å². The van der Waals surface area contributed by atoms with Crippen LogP contribution >= 0.6 is 0 Å². The summed E-state index contributed by atoms with van der Waals surface area (Å²) < 4.78 is 33.9. The lowest BCUT2D eigenvalue weighted by molar-refractivity contribution is 0.0636. The number of ether oxygens (including phenoxy) is 1. The lowest BCUT2D eigenvalue weighted by Gasteiger charge is -2.19. The van der Waals surface area contributed by atoms with E-state index in [1.54, 1.807) is 81.7 Å². The van der Waals surface area contributed by atoms with Gasteiger partial charge in [0.15, 0.2) is 5.65 Å². The molecule has 4 aromatic heterocycles. The minimum Gasteiger partial charge on any atom is -0.444 e. The second-order valence-electron chi connectivity index (χ2n) is 10.4. The molecule has 0 atom stereocenters. The van der Waals surface area contributed by atoms with Crippen LogP contribution in [0.5, 0.6) is 0 Å². The van der Waals surface area contributed by atoms with E-state index in [9.17, 15) is 18.5 Å². The van der Waals surface area contributed by atoms with Gasteiger partial charge in [-0.1, -0.05) is 17.7 Å². The molecule has 5 rings (SSSR count). The second-order valence-corrected chi connectivity index (χ2v) is 12.2. The molecule has 0 bridgehead atoms. The van der Waals surface area contributed by atoms with Crippen molar-refractivity contribution < 1.29 is 17.9 Å². The fourth-order valence-corrected chi connectivity index (χ4v) is 5.55. The molecule has 1 aromatic carbocycles. The third kappa shape index (κ3) is 5.78. The first-order chi connectivity index (χ1) is 19.4. The van der Waals surface area contributed by atoms with Crippen LogP contribution < -0.4 is 5.32 Å². The molecule has 5 aromatic rings. The minimum atomic E-state index is -4.00. The maximum Gasteiger partial charge on any atom is 0.412 e. The lowest BCUT2D eigenvalue weighted by Crippen LogP contribution is -2.27. The van der Waals surface area contributed by atoms with Crippen LogP contribution in [0.1, 0.15) is 32.0 Å². The summed E-state index contributed by atoms with van der Waals surface area (Å²) in [6.45, 7) is 7.19. The molecular formula is C30H26N6O4S. The number of anilines is 1. The van der Waals surface area contributed by atoms with Crippen LogP contribution in [0.15, 0.2) is 84.4 Å². The first-order valence-electron chi connectivity index (χ1n) is 12.6. The highest BCUT2D eigenvalue weighted by atomic mass is 32.2. The topological polar surface area (TPSA) is 140 Å². The molecule has 0 spiro atoms. The molecule has 0 aliphatic carbocycles. The molecule has 11 heteroatoms. The molecular weight excluding hydrogens is 540 g/mol. The Balaban J connectivity index is 1.64. The van der Waals surface area contributed by atoms with Gasteiger partial charge in [-0.05, 0) is 69.7 Å². The number of carbonyl (C=O) groups is 1. The number of fused-ring (bicyclic) bond motifs is 1. The normalized spacial score (nSPS) is 11.7. The van der Waals surface area contributed by atoms with Crippen molar-refractivity contribution in [2.75, 3.05) is 5.32 Å². The maximum atomic E-state index is 13.7. The summed E-state index contributed by atoms with van der Waals surface area (Å²) in [6, 6.07) is 15.4. The van der Waals surface area contributed by atoms with E-state index >= 15 is 0 Å². The van der Waals surface area contributed by atoms with Crippen LogP contribution in [0.2, 0.25) is 0 Å². The summed E-state index contributed by atoms with van der Waals surface area (Å²) in [5.74, 6) is 0. The summed E-state index contributed by atoms with van der Waals surface area (Å²) in [7, 11) is -4.00. The van der Waals surface area contributed by atoms with Crippen molar-refractivity contribution in [2.45, 2.75) is 38.2 Å². The average Bonchev–Trinajstić information content (AvgIpc) is 3.32. The monoisotopic (exact) mass is 566 g/mol. The van der Waals surface area contributed by atoms with E-state index in [1.165, 1.54) is 18.6 Å². The molecule has 41 heavy (non-hydrogen) atoms. The number of aryl methyl sites for hydroxylation is 1. The molecule has 0 radical (unpaired) electrons.